The van der Waals surface area contributed by atoms with Crippen LogP contribution in [-0.2, 0) is 5.60 Å². The Kier molecular flexibility index (Phi) is 1.32. The normalized spacial score (nSPS) is 34.8. The highest BCUT2D eigenvalue weighted by atomic mass is 16.3. The van der Waals surface area contributed by atoms with Crippen molar-refractivity contribution in [2.45, 2.75) is 5.60 Å². The zero-order valence-corrected chi connectivity index (χ0v) is 8.02. The summed E-state index contributed by atoms with van der Waals surface area (Å²) in [5.74, 6) is -0.691. The molecule has 0 spiro atoms. The molecule has 0 aliphatic heterocycles. The second kappa shape index (κ2) is 2.32. The number of hydrogen-bond donors (Lipinski definition) is 0. The maximum Gasteiger partial charge on any atom is 0.184 e. The molecule has 0 heterocycles. The van der Waals surface area contributed by atoms with Crippen molar-refractivity contribution in [1.29, 1.82) is 10.5 Å². The van der Waals surface area contributed by atoms with Crippen molar-refractivity contribution in [2.75, 3.05) is 0 Å². The molecular weight excluding hydrogens is 204 g/mol. The van der Waals surface area contributed by atoms with Crippen molar-refractivity contribution >= 4 is 5.78 Å². The van der Waals surface area contributed by atoms with Crippen molar-refractivity contribution in [3.05, 3.63) is 41.3 Å². The van der Waals surface area contributed by atoms with E-state index in [-0.39, 0.29) is 17.0 Å². The predicted molar refractivity (Wildman–Crippen MR) is 49.4 cm³/mol. The number of hydrogen-bond acceptors (Lipinski definition) is 4. The van der Waals surface area contributed by atoms with Gasteiger partial charge in [0.05, 0.1) is 18.1 Å². The first-order chi connectivity index (χ1) is 7.64. The van der Waals surface area contributed by atoms with E-state index in [2.05, 4.69) is 0 Å². The van der Waals surface area contributed by atoms with E-state index in [0.717, 1.165) is 0 Å². The molecule has 4 nitrogen and oxygen atoms in total. The van der Waals surface area contributed by atoms with Gasteiger partial charge in [-0.2, -0.15) is 10.5 Å². The number of carbonyl (C=O) groups is 1. The highest BCUT2D eigenvalue weighted by Gasteiger charge is 2.80. The van der Waals surface area contributed by atoms with Gasteiger partial charge in [-0.25, -0.2) is 0 Å². The van der Waals surface area contributed by atoms with Crippen molar-refractivity contribution in [3.8, 4) is 12.1 Å². The monoisotopic (exact) mass is 208 g/mol. The summed E-state index contributed by atoms with van der Waals surface area (Å²) in [4.78, 5) is 12.0. The number of fused-ring (bicyclic) bond motifs is 3. The fraction of sp³-hybridized carbons (Fsp3) is 0.167. The number of carbonyl (C=O) groups excluding carboxylic acids is 1. The molecule has 75 valence electrons. The zero-order valence-electron chi connectivity index (χ0n) is 8.02. The minimum Gasteiger partial charge on any atom is -0.843 e. The summed E-state index contributed by atoms with van der Waals surface area (Å²) in [5, 5.41) is 30.3. The minimum atomic E-state index is -1.93. The molecule has 1 aromatic rings. The first-order valence-corrected chi connectivity index (χ1v) is 4.68. The molecule has 2 atom stereocenters. The van der Waals surface area contributed by atoms with Crippen molar-refractivity contribution < 1.29 is 9.90 Å². The third-order valence-corrected chi connectivity index (χ3v) is 3.36. The van der Waals surface area contributed by atoms with Crippen LogP contribution in [0.3, 0.4) is 0 Å². The molecule has 0 bridgehead atoms. The van der Waals surface area contributed by atoms with Crippen LogP contribution in [0.1, 0.15) is 15.9 Å². The Morgan fingerprint density at radius 1 is 1.25 bits per heavy atom. The number of benzene rings is 1. The van der Waals surface area contributed by atoms with Gasteiger partial charge in [-0.1, -0.05) is 24.3 Å². The van der Waals surface area contributed by atoms with E-state index < -0.39 is 16.8 Å². The fourth-order valence-electron chi connectivity index (χ4n) is 2.53. The fourth-order valence-corrected chi connectivity index (χ4v) is 2.53. The van der Waals surface area contributed by atoms with E-state index in [1.54, 1.807) is 24.3 Å². The van der Waals surface area contributed by atoms with Gasteiger partial charge in [0.25, 0.3) is 0 Å². The second-order valence-corrected chi connectivity index (χ2v) is 3.90. The molecule has 2 aliphatic carbocycles. The van der Waals surface area contributed by atoms with E-state index in [1.807, 2.05) is 0 Å². The first-order valence-electron chi connectivity index (χ1n) is 4.68. The van der Waals surface area contributed by atoms with Crippen molar-refractivity contribution in [1.82, 2.24) is 0 Å². The lowest BCUT2D eigenvalue weighted by molar-refractivity contribution is -0.448. The van der Waals surface area contributed by atoms with Crippen LogP contribution in [0.25, 0.3) is 0 Å². The van der Waals surface area contributed by atoms with Gasteiger partial charge in [0.2, 0.25) is 0 Å². The van der Waals surface area contributed by atoms with Gasteiger partial charge < -0.3 is 5.11 Å². The number of nitriles is 2. The van der Waals surface area contributed by atoms with Crippen LogP contribution in [0.4, 0.5) is 0 Å². The molecule has 0 N–H and O–H groups in total. The van der Waals surface area contributed by atoms with Gasteiger partial charge in [-0.3, -0.25) is 4.79 Å². The van der Waals surface area contributed by atoms with E-state index in [0.29, 0.717) is 0 Å². The average Bonchev–Trinajstić information content (AvgIpc) is 2.82. The summed E-state index contributed by atoms with van der Waals surface area (Å²) >= 11 is 0. The summed E-state index contributed by atoms with van der Waals surface area (Å²) in [6.45, 7) is 0. The van der Waals surface area contributed by atoms with Crippen molar-refractivity contribution in [3.63, 3.8) is 0 Å². The molecule has 1 fully saturated rings. The summed E-state index contributed by atoms with van der Waals surface area (Å²) in [5.41, 5.74) is -3.15. The number of rotatable bonds is 0. The highest BCUT2D eigenvalue weighted by Crippen LogP contribution is 2.72. The average molecular weight is 208 g/mol. The maximum absolute atomic E-state index is 12.4. The molecule has 0 aromatic heterocycles. The topological polar surface area (TPSA) is 87.7 Å². The molecule has 1 radical (unpaired) electrons. The molecule has 0 saturated heterocycles. The van der Waals surface area contributed by atoms with Crippen LogP contribution in [0.5, 0.6) is 0 Å². The lowest BCUT2D eigenvalue weighted by Gasteiger charge is -2.20. The Labute approximate surface area is 91.4 Å². The largest absolute Gasteiger partial charge is 0.843 e. The summed E-state index contributed by atoms with van der Waals surface area (Å²) < 4.78 is 0. The molecule has 4 heteroatoms. The molecule has 3 rings (SSSR count). The third-order valence-electron chi connectivity index (χ3n) is 3.36. The Morgan fingerprint density at radius 3 is 2.56 bits per heavy atom. The van der Waals surface area contributed by atoms with Gasteiger partial charge in [-0.15, -0.1) is 0 Å². The van der Waals surface area contributed by atoms with Crippen LogP contribution in [-0.4, -0.2) is 5.78 Å². The van der Waals surface area contributed by atoms with Gasteiger partial charge in [0, 0.05) is 5.56 Å². The smallest absolute Gasteiger partial charge is 0.184 e. The highest BCUT2D eigenvalue weighted by molar-refractivity contribution is 6.16. The van der Waals surface area contributed by atoms with E-state index in [1.165, 1.54) is 12.1 Å². The quantitative estimate of drug-likeness (QED) is 0.603. The van der Waals surface area contributed by atoms with Gasteiger partial charge in [0.15, 0.2) is 5.78 Å². The molecule has 2 aliphatic rings. The molecule has 1 aromatic carbocycles. The Hall–Kier alpha value is -2.17. The number of Topliss-reactive ketones (excluding diaryl/α,β-unsaturated/α-hetero) is 1. The Bertz CT molecular complexity index is 610. The van der Waals surface area contributed by atoms with Crippen LogP contribution in [0.2, 0.25) is 0 Å². The van der Waals surface area contributed by atoms with E-state index in [4.69, 9.17) is 10.5 Å². The van der Waals surface area contributed by atoms with E-state index in [9.17, 15) is 9.90 Å². The Morgan fingerprint density at radius 2 is 1.94 bits per heavy atom. The number of nitrogens with zero attached hydrogens (tertiary/aromatic N) is 2. The molecule has 1 saturated carbocycles. The van der Waals surface area contributed by atoms with Crippen LogP contribution in [0.15, 0.2) is 24.3 Å². The first kappa shape index (κ1) is 9.08. The predicted octanol–water partition coefficient (Wildman–Crippen LogP) is 0.0601. The molecule has 2 unspecified atom stereocenters. The van der Waals surface area contributed by atoms with Crippen LogP contribution < -0.4 is 5.11 Å². The molecule has 16 heavy (non-hydrogen) atoms. The lowest BCUT2D eigenvalue weighted by Crippen LogP contribution is -2.30. The van der Waals surface area contributed by atoms with Crippen LogP contribution >= 0.6 is 0 Å². The lowest BCUT2D eigenvalue weighted by atomic mass is 9.96. The minimum absolute atomic E-state index is 0.161. The second-order valence-electron chi connectivity index (χ2n) is 3.90. The van der Waals surface area contributed by atoms with Gasteiger partial charge >= 0.3 is 0 Å². The summed E-state index contributed by atoms with van der Waals surface area (Å²) in [6.07, 6.45) is 0. The third kappa shape index (κ3) is 0.582. The zero-order chi connectivity index (χ0) is 11.6. The maximum atomic E-state index is 12.4. The molecule has 0 amide bonds. The summed E-state index contributed by atoms with van der Waals surface area (Å²) in [6, 6.07) is 9.75. The van der Waals surface area contributed by atoms with Crippen LogP contribution in [0, 0.1) is 34.0 Å². The number of ketones is 1. The standard InChI is InChI=1S/C12H4N2O2/c13-5-9-11(6-14)10(15)7-3-1-2-4-8(7)12(9,11)16/h1-4H/q-1. The van der Waals surface area contributed by atoms with Gasteiger partial charge in [0.1, 0.15) is 5.41 Å². The SMILES string of the molecule is N#C[C]1C2(C#N)C(=O)c3ccccc3C12[O-]. The Balaban J connectivity index is 2.34. The van der Waals surface area contributed by atoms with E-state index >= 15 is 0 Å². The van der Waals surface area contributed by atoms with Gasteiger partial charge in [-0.05, 0) is 11.2 Å². The molecular formula is C12H4N2O2-. The van der Waals surface area contributed by atoms with Crippen molar-refractivity contribution in [2.24, 2.45) is 5.41 Å². The summed E-state index contributed by atoms with van der Waals surface area (Å²) in [7, 11) is 0.